The second-order valence-corrected chi connectivity index (χ2v) is 8.28. The van der Waals surface area contributed by atoms with Crippen LogP contribution in [0.2, 0.25) is 0 Å². The molecule has 0 fully saturated rings. The van der Waals surface area contributed by atoms with Gasteiger partial charge in [-0.15, -0.1) is 0 Å². The quantitative estimate of drug-likeness (QED) is 0.627. The van der Waals surface area contributed by atoms with Crippen molar-refractivity contribution in [1.29, 1.82) is 0 Å². The van der Waals surface area contributed by atoms with E-state index in [2.05, 4.69) is 15.3 Å². The van der Waals surface area contributed by atoms with Crippen molar-refractivity contribution < 1.29 is 14.3 Å². The maximum Gasteiger partial charge on any atom is 0.251 e. The van der Waals surface area contributed by atoms with Crippen LogP contribution in [-0.2, 0) is 0 Å². The van der Waals surface area contributed by atoms with Crippen molar-refractivity contribution in [2.24, 2.45) is 0 Å². The van der Waals surface area contributed by atoms with E-state index in [0.717, 1.165) is 27.9 Å². The highest BCUT2D eigenvalue weighted by Crippen LogP contribution is 2.32. The Bertz CT molecular complexity index is 1050. The minimum atomic E-state index is -0.762. The van der Waals surface area contributed by atoms with Crippen LogP contribution < -0.4 is 5.32 Å². The Labute approximate surface area is 176 Å². The van der Waals surface area contributed by atoms with Gasteiger partial charge in [0.2, 0.25) is 0 Å². The summed E-state index contributed by atoms with van der Waals surface area (Å²) in [5.41, 5.74) is 3.76. The number of hydrogen-bond donors (Lipinski definition) is 2. The fourth-order valence-electron chi connectivity index (χ4n) is 3.16. The molecule has 0 atom stereocenters. The zero-order valence-corrected chi connectivity index (χ0v) is 17.6. The third-order valence-electron chi connectivity index (χ3n) is 4.82. The fourth-order valence-corrected chi connectivity index (χ4v) is 3.16. The zero-order valence-electron chi connectivity index (χ0n) is 17.6. The Kier molecular flexibility index (Phi) is 6.27. The molecule has 0 aliphatic heterocycles. The molecule has 30 heavy (non-hydrogen) atoms. The van der Waals surface area contributed by atoms with E-state index < -0.39 is 5.54 Å². The molecule has 0 saturated heterocycles. The summed E-state index contributed by atoms with van der Waals surface area (Å²) in [5.74, 6) is -0.457. The molecule has 5 nitrogen and oxygen atoms in total. The molecule has 156 valence electrons. The van der Waals surface area contributed by atoms with Crippen molar-refractivity contribution in [2.45, 2.75) is 39.2 Å². The van der Waals surface area contributed by atoms with E-state index in [4.69, 9.17) is 0 Å². The number of carbonyl (C=O) groups excluding carboxylic acids is 1. The summed E-state index contributed by atoms with van der Waals surface area (Å²) in [4.78, 5) is 21.5. The van der Waals surface area contributed by atoms with E-state index in [1.54, 1.807) is 44.3 Å². The maximum absolute atomic E-state index is 13.4. The smallest absolute Gasteiger partial charge is 0.251 e. The van der Waals surface area contributed by atoms with Crippen LogP contribution in [0, 0.1) is 5.82 Å². The van der Waals surface area contributed by atoms with Crippen LogP contribution in [0.1, 0.15) is 49.7 Å². The number of aliphatic hydroxyl groups is 1. The molecule has 2 N–H and O–H groups in total. The molecule has 0 aliphatic carbocycles. The Hall–Kier alpha value is -3.12. The molecule has 6 heteroatoms. The monoisotopic (exact) mass is 407 g/mol. The average Bonchev–Trinajstić information content (AvgIpc) is 2.73. The van der Waals surface area contributed by atoms with E-state index >= 15 is 0 Å². The lowest BCUT2D eigenvalue weighted by molar-refractivity contribution is 0.0869. The van der Waals surface area contributed by atoms with Crippen molar-refractivity contribution in [3.05, 3.63) is 72.1 Å². The second kappa shape index (κ2) is 8.71. The average molecular weight is 407 g/mol. The SMILES string of the molecule is CC(C)c1ncncc1-c1cc(C(=O)NC(C)(C)CO)cc(-c2ccc(F)cc2)c1. The van der Waals surface area contributed by atoms with Gasteiger partial charge in [0.1, 0.15) is 12.1 Å². The molecular formula is C24H26FN3O2. The Morgan fingerprint density at radius 1 is 1.10 bits per heavy atom. The van der Waals surface area contributed by atoms with Gasteiger partial charge in [-0.05, 0) is 66.8 Å². The van der Waals surface area contributed by atoms with Crippen LogP contribution in [0.4, 0.5) is 4.39 Å². The lowest BCUT2D eigenvalue weighted by Crippen LogP contribution is -2.46. The molecule has 0 spiro atoms. The molecule has 1 aromatic heterocycles. The van der Waals surface area contributed by atoms with Gasteiger partial charge in [0.25, 0.3) is 5.91 Å². The highest BCUT2D eigenvalue weighted by atomic mass is 19.1. The molecule has 1 amide bonds. The first kappa shape index (κ1) is 21.6. The zero-order chi connectivity index (χ0) is 21.9. The molecule has 0 radical (unpaired) electrons. The van der Waals surface area contributed by atoms with Crippen LogP contribution in [0.3, 0.4) is 0 Å². The van der Waals surface area contributed by atoms with Crippen molar-refractivity contribution in [3.8, 4) is 22.3 Å². The van der Waals surface area contributed by atoms with Crippen LogP contribution in [-0.4, -0.2) is 33.1 Å². The number of aromatic nitrogens is 2. The normalized spacial score (nSPS) is 11.6. The summed E-state index contributed by atoms with van der Waals surface area (Å²) in [6.07, 6.45) is 3.26. The number of nitrogens with zero attached hydrogens (tertiary/aromatic N) is 2. The van der Waals surface area contributed by atoms with Crippen LogP contribution >= 0.6 is 0 Å². The molecule has 2 aromatic carbocycles. The Balaban J connectivity index is 2.16. The highest BCUT2D eigenvalue weighted by Gasteiger charge is 2.21. The third kappa shape index (κ3) is 4.89. The van der Waals surface area contributed by atoms with E-state index in [1.165, 1.54) is 18.5 Å². The molecular weight excluding hydrogens is 381 g/mol. The van der Waals surface area contributed by atoms with Crippen molar-refractivity contribution in [3.63, 3.8) is 0 Å². The van der Waals surface area contributed by atoms with Crippen LogP contribution in [0.5, 0.6) is 0 Å². The van der Waals surface area contributed by atoms with Gasteiger partial charge in [0.15, 0.2) is 0 Å². The van der Waals surface area contributed by atoms with E-state index in [0.29, 0.717) is 5.56 Å². The standard InChI is InChI=1S/C24H26FN3O2/c1-15(2)22-21(12-26-14-27-22)18-9-17(16-5-7-20(25)8-6-16)10-19(11-18)23(30)28-24(3,4)13-29/h5-12,14-15,29H,13H2,1-4H3,(H,28,30). The van der Waals surface area contributed by atoms with Crippen molar-refractivity contribution in [2.75, 3.05) is 6.61 Å². The molecule has 1 heterocycles. The summed E-state index contributed by atoms with van der Waals surface area (Å²) < 4.78 is 13.4. The lowest BCUT2D eigenvalue weighted by atomic mass is 9.93. The number of benzene rings is 2. The molecule has 0 bridgehead atoms. The summed E-state index contributed by atoms with van der Waals surface area (Å²) in [7, 11) is 0. The summed E-state index contributed by atoms with van der Waals surface area (Å²) in [6.45, 7) is 7.41. The molecule has 0 aliphatic rings. The lowest BCUT2D eigenvalue weighted by Gasteiger charge is -2.24. The van der Waals surface area contributed by atoms with Crippen molar-refractivity contribution in [1.82, 2.24) is 15.3 Å². The highest BCUT2D eigenvalue weighted by molar-refractivity contribution is 5.97. The summed E-state index contributed by atoms with van der Waals surface area (Å²) in [6, 6.07) is 11.6. The number of rotatable bonds is 6. The van der Waals surface area contributed by atoms with Gasteiger partial charge in [-0.3, -0.25) is 4.79 Å². The first-order valence-corrected chi connectivity index (χ1v) is 9.85. The van der Waals surface area contributed by atoms with E-state index in [9.17, 15) is 14.3 Å². The predicted molar refractivity (Wildman–Crippen MR) is 116 cm³/mol. The summed E-state index contributed by atoms with van der Waals surface area (Å²) in [5, 5.41) is 12.4. The van der Waals surface area contributed by atoms with Gasteiger partial charge in [-0.2, -0.15) is 0 Å². The molecule has 3 rings (SSSR count). The number of carbonyl (C=O) groups is 1. The van der Waals surface area contributed by atoms with E-state index in [-0.39, 0.29) is 24.2 Å². The van der Waals surface area contributed by atoms with Crippen molar-refractivity contribution >= 4 is 5.91 Å². The minimum absolute atomic E-state index is 0.170. The number of halogens is 1. The Morgan fingerprint density at radius 2 is 1.77 bits per heavy atom. The van der Waals surface area contributed by atoms with Crippen LogP contribution in [0.25, 0.3) is 22.3 Å². The molecule has 3 aromatic rings. The topological polar surface area (TPSA) is 75.1 Å². The van der Waals surface area contributed by atoms with Gasteiger partial charge < -0.3 is 10.4 Å². The maximum atomic E-state index is 13.4. The number of nitrogens with one attached hydrogen (secondary N) is 1. The predicted octanol–water partition coefficient (Wildman–Crippen LogP) is 4.57. The van der Waals surface area contributed by atoms with Gasteiger partial charge in [-0.1, -0.05) is 26.0 Å². The first-order chi connectivity index (χ1) is 14.2. The number of aliphatic hydroxyl groups excluding tert-OH is 1. The van der Waals surface area contributed by atoms with Gasteiger partial charge in [-0.25, -0.2) is 14.4 Å². The third-order valence-corrected chi connectivity index (χ3v) is 4.82. The summed E-state index contributed by atoms with van der Waals surface area (Å²) >= 11 is 0. The fraction of sp³-hybridized carbons (Fsp3) is 0.292. The largest absolute Gasteiger partial charge is 0.394 e. The Morgan fingerprint density at radius 3 is 2.40 bits per heavy atom. The van der Waals surface area contributed by atoms with Crippen LogP contribution in [0.15, 0.2) is 55.0 Å². The molecule has 0 saturated carbocycles. The minimum Gasteiger partial charge on any atom is -0.394 e. The van der Waals surface area contributed by atoms with E-state index in [1.807, 2.05) is 19.9 Å². The van der Waals surface area contributed by atoms with Gasteiger partial charge in [0.05, 0.1) is 17.8 Å². The first-order valence-electron chi connectivity index (χ1n) is 9.85. The van der Waals surface area contributed by atoms with Gasteiger partial charge in [0, 0.05) is 17.3 Å². The second-order valence-electron chi connectivity index (χ2n) is 8.28. The number of amides is 1. The molecule has 0 unspecified atom stereocenters. The number of hydrogen-bond acceptors (Lipinski definition) is 4. The van der Waals surface area contributed by atoms with Gasteiger partial charge >= 0.3 is 0 Å².